The zero-order chi connectivity index (χ0) is 21.8. The van der Waals surface area contributed by atoms with Crippen LogP contribution in [0.4, 0.5) is 0 Å². The van der Waals surface area contributed by atoms with Crippen LogP contribution in [0.2, 0.25) is 5.02 Å². The SMILES string of the molecule is CCCCCCC(CCCCCC)C(=O)C(N)c1ccc(C2CCCCC2)c(Cl)c1. The molecule has 30 heavy (non-hydrogen) atoms. The molecule has 2 rings (SSSR count). The van der Waals surface area contributed by atoms with E-state index in [9.17, 15) is 4.79 Å². The van der Waals surface area contributed by atoms with Crippen molar-refractivity contribution in [3.8, 4) is 0 Å². The van der Waals surface area contributed by atoms with Gasteiger partial charge in [-0.15, -0.1) is 0 Å². The number of ketones is 1. The minimum Gasteiger partial charge on any atom is -0.318 e. The second-order valence-electron chi connectivity index (χ2n) is 9.39. The Kier molecular flexibility index (Phi) is 12.1. The van der Waals surface area contributed by atoms with Crippen LogP contribution in [-0.4, -0.2) is 5.78 Å². The zero-order valence-corrected chi connectivity index (χ0v) is 20.2. The number of hydrogen-bond acceptors (Lipinski definition) is 2. The Morgan fingerprint density at radius 3 is 2.10 bits per heavy atom. The van der Waals surface area contributed by atoms with Crippen LogP contribution < -0.4 is 5.73 Å². The summed E-state index contributed by atoms with van der Waals surface area (Å²) in [4.78, 5) is 13.3. The predicted octanol–water partition coefficient (Wildman–Crippen LogP) is 8.51. The fourth-order valence-corrected chi connectivity index (χ4v) is 5.31. The third-order valence-electron chi connectivity index (χ3n) is 6.95. The van der Waals surface area contributed by atoms with Crippen LogP contribution in [0.5, 0.6) is 0 Å². The van der Waals surface area contributed by atoms with E-state index in [0.717, 1.165) is 36.3 Å². The second kappa shape index (κ2) is 14.2. The first kappa shape index (κ1) is 25.4. The molecule has 1 aliphatic carbocycles. The van der Waals surface area contributed by atoms with Gasteiger partial charge in [0.15, 0.2) is 5.78 Å². The third kappa shape index (κ3) is 8.00. The number of benzene rings is 1. The Labute approximate surface area is 190 Å². The number of halogens is 1. The molecule has 1 saturated carbocycles. The average Bonchev–Trinajstić information content (AvgIpc) is 2.77. The molecule has 0 spiro atoms. The molecule has 1 aromatic rings. The van der Waals surface area contributed by atoms with Crippen LogP contribution in [0.25, 0.3) is 0 Å². The van der Waals surface area contributed by atoms with Gasteiger partial charge in [0.1, 0.15) is 0 Å². The Morgan fingerprint density at radius 2 is 1.57 bits per heavy atom. The lowest BCUT2D eigenvalue weighted by molar-refractivity contribution is -0.124. The normalized spacial score (nSPS) is 16.2. The number of carbonyl (C=O) groups is 1. The zero-order valence-electron chi connectivity index (χ0n) is 19.4. The molecule has 0 bridgehead atoms. The van der Waals surface area contributed by atoms with E-state index in [1.165, 1.54) is 76.2 Å². The van der Waals surface area contributed by atoms with Crippen LogP contribution in [0.15, 0.2) is 18.2 Å². The number of rotatable bonds is 14. The molecule has 1 aliphatic rings. The molecule has 0 saturated heterocycles. The standard InChI is InChI=1S/C27H44ClNO/c1-3-5-7-10-16-22(17-11-8-6-4-2)27(30)26(29)23-18-19-24(25(28)20-23)21-14-12-9-13-15-21/h18-22,26H,3-17,29H2,1-2H3. The first-order valence-electron chi connectivity index (χ1n) is 12.7. The highest BCUT2D eigenvalue weighted by atomic mass is 35.5. The van der Waals surface area contributed by atoms with Gasteiger partial charge in [0.25, 0.3) is 0 Å². The highest BCUT2D eigenvalue weighted by Gasteiger charge is 2.26. The Balaban J connectivity index is 2.02. The summed E-state index contributed by atoms with van der Waals surface area (Å²) in [6.45, 7) is 4.45. The Bertz CT molecular complexity index is 611. The van der Waals surface area contributed by atoms with Crippen LogP contribution in [0.3, 0.4) is 0 Å². The van der Waals surface area contributed by atoms with E-state index in [4.69, 9.17) is 17.3 Å². The van der Waals surface area contributed by atoms with Gasteiger partial charge in [0, 0.05) is 10.9 Å². The van der Waals surface area contributed by atoms with Crippen LogP contribution in [0.1, 0.15) is 133 Å². The molecule has 170 valence electrons. The molecule has 2 N–H and O–H groups in total. The van der Waals surface area contributed by atoms with Crippen molar-refractivity contribution in [3.05, 3.63) is 34.3 Å². The monoisotopic (exact) mass is 433 g/mol. The molecule has 1 fully saturated rings. The van der Waals surface area contributed by atoms with E-state index < -0.39 is 6.04 Å². The molecule has 0 aliphatic heterocycles. The molecular weight excluding hydrogens is 390 g/mol. The van der Waals surface area contributed by atoms with Crippen LogP contribution in [0, 0.1) is 5.92 Å². The van der Waals surface area contributed by atoms with Crippen molar-refractivity contribution in [2.45, 2.75) is 122 Å². The van der Waals surface area contributed by atoms with Crippen LogP contribution >= 0.6 is 11.6 Å². The molecule has 0 aromatic heterocycles. The lowest BCUT2D eigenvalue weighted by Crippen LogP contribution is -2.28. The summed E-state index contributed by atoms with van der Waals surface area (Å²) in [6, 6.07) is 5.62. The van der Waals surface area contributed by atoms with Crippen molar-refractivity contribution in [2.75, 3.05) is 0 Å². The minimum absolute atomic E-state index is 0.0884. The van der Waals surface area contributed by atoms with Crippen molar-refractivity contribution in [3.63, 3.8) is 0 Å². The maximum Gasteiger partial charge on any atom is 0.157 e. The molecular formula is C27H44ClNO. The van der Waals surface area contributed by atoms with Gasteiger partial charge in [0.2, 0.25) is 0 Å². The molecule has 1 aromatic carbocycles. The van der Waals surface area contributed by atoms with E-state index >= 15 is 0 Å². The molecule has 0 amide bonds. The van der Waals surface area contributed by atoms with E-state index in [2.05, 4.69) is 26.0 Å². The second-order valence-corrected chi connectivity index (χ2v) is 9.80. The Morgan fingerprint density at radius 1 is 0.967 bits per heavy atom. The van der Waals surface area contributed by atoms with Crippen molar-refractivity contribution >= 4 is 17.4 Å². The first-order valence-corrected chi connectivity index (χ1v) is 13.0. The third-order valence-corrected chi connectivity index (χ3v) is 7.28. The molecule has 1 atom stereocenters. The predicted molar refractivity (Wildman–Crippen MR) is 130 cm³/mol. The molecule has 0 radical (unpaired) electrons. The first-order chi connectivity index (χ1) is 14.6. The van der Waals surface area contributed by atoms with Gasteiger partial charge in [-0.25, -0.2) is 0 Å². The van der Waals surface area contributed by atoms with Gasteiger partial charge >= 0.3 is 0 Å². The molecule has 1 unspecified atom stereocenters. The van der Waals surface area contributed by atoms with Gasteiger partial charge in [0.05, 0.1) is 6.04 Å². The fourth-order valence-electron chi connectivity index (χ4n) is 4.96. The highest BCUT2D eigenvalue weighted by Crippen LogP contribution is 2.37. The Hall–Kier alpha value is -0.860. The summed E-state index contributed by atoms with van der Waals surface area (Å²) in [5.74, 6) is 0.868. The number of nitrogens with two attached hydrogens (primary N) is 1. The van der Waals surface area contributed by atoms with E-state index in [1.54, 1.807) is 0 Å². The average molecular weight is 434 g/mol. The quantitative estimate of drug-likeness (QED) is 0.298. The van der Waals surface area contributed by atoms with E-state index in [1.807, 2.05) is 6.07 Å². The summed E-state index contributed by atoms with van der Waals surface area (Å²) in [7, 11) is 0. The molecule has 0 heterocycles. The van der Waals surface area contributed by atoms with Gasteiger partial charge in [-0.3, -0.25) is 4.79 Å². The maximum absolute atomic E-state index is 13.3. The summed E-state index contributed by atoms with van der Waals surface area (Å²) >= 11 is 6.66. The van der Waals surface area contributed by atoms with Gasteiger partial charge in [-0.2, -0.15) is 0 Å². The number of carbonyl (C=O) groups excluding carboxylic acids is 1. The fraction of sp³-hybridized carbons (Fsp3) is 0.741. The summed E-state index contributed by atoms with van der Waals surface area (Å²) in [6.07, 6.45) is 18.0. The number of hydrogen-bond donors (Lipinski definition) is 1. The van der Waals surface area contributed by atoms with Gasteiger partial charge in [-0.1, -0.05) is 108 Å². The largest absolute Gasteiger partial charge is 0.318 e. The lowest BCUT2D eigenvalue weighted by Gasteiger charge is -2.24. The van der Waals surface area contributed by atoms with Gasteiger partial charge in [-0.05, 0) is 48.8 Å². The summed E-state index contributed by atoms with van der Waals surface area (Å²) < 4.78 is 0. The minimum atomic E-state index is -0.551. The van der Waals surface area contributed by atoms with E-state index in [-0.39, 0.29) is 11.7 Å². The van der Waals surface area contributed by atoms with Crippen molar-refractivity contribution in [2.24, 2.45) is 11.7 Å². The smallest absolute Gasteiger partial charge is 0.157 e. The topological polar surface area (TPSA) is 43.1 Å². The van der Waals surface area contributed by atoms with E-state index in [0.29, 0.717) is 5.92 Å². The molecule has 2 nitrogen and oxygen atoms in total. The highest BCUT2D eigenvalue weighted by molar-refractivity contribution is 6.31. The lowest BCUT2D eigenvalue weighted by atomic mass is 9.82. The maximum atomic E-state index is 13.3. The summed E-state index contributed by atoms with van der Waals surface area (Å²) in [5.41, 5.74) is 8.62. The number of Topliss-reactive ketones (excluding diaryl/α,β-unsaturated/α-hetero) is 1. The molecule has 3 heteroatoms. The summed E-state index contributed by atoms with van der Waals surface area (Å²) in [5, 5.41) is 0.796. The van der Waals surface area contributed by atoms with Crippen LogP contribution in [-0.2, 0) is 4.79 Å². The van der Waals surface area contributed by atoms with Crippen molar-refractivity contribution < 1.29 is 4.79 Å². The van der Waals surface area contributed by atoms with Crippen molar-refractivity contribution in [1.29, 1.82) is 0 Å². The van der Waals surface area contributed by atoms with Gasteiger partial charge < -0.3 is 5.73 Å². The van der Waals surface area contributed by atoms with Crippen molar-refractivity contribution in [1.82, 2.24) is 0 Å². The number of unbranched alkanes of at least 4 members (excludes halogenated alkanes) is 6.